The van der Waals surface area contributed by atoms with Crippen LogP contribution in [0, 0.1) is 0 Å². The van der Waals surface area contributed by atoms with E-state index in [1.54, 1.807) is 11.0 Å². The summed E-state index contributed by atoms with van der Waals surface area (Å²) in [7, 11) is 0. The Morgan fingerprint density at radius 2 is 2.30 bits per heavy atom. The summed E-state index contributed by atoms with van der Waals surface area (Å²) in [5.41, 5.74) is 0.512. The number of nitrogens with one attached hydrogen (secondary N) is 1. The Morgan fingerprint density at radius 1 is 1.45 bits per heavy atom. The van der Waals surface area contributed by atoms with Crippen molar-refractivity contribution in [1.82, 2.24) is 10.2 Å². The number of hydrogen-bond donors (Lipinski definition) is 1. The van der Waals surface area contributed by atoms with Crippen LogP contribution in [-0.4, -0.2) is 35.8 Å². The molecule has 0 aromatic carbocycles. The number of piperidine rings is 1. The number of furan rings is 1. The summed E-state index contributed by atoms with van der Waals surface area (Å²) in [5.74, 6) is -0.149. The van der Waals surface area contributed by atoms with Crippen molar-refractivity contribution in [3.63, 3.8) is 0 Å². The van der Waals surface area contributed by atoms with Gasteiger partial charge in [0, 0.05) is 13.1 Å². The minimum absolute atomic E-state index is 0.0324. The maximum absolute atomic E-state index is 12.4. The number of rotatable bonds is 5. The summed E-state index contributed by atoms with van der Waals surface area (Å²) >= 11 is 0. The zero-order valence-corrected chi connectivity index (χ0v) is 11.9. The van der Waals surface area contributed by atoms with Crippen molar-refractivity contribution < 1.29 is 14.0 Å². The van der Waals surface area contributed by atoms with Crippen molar-refractivity contribution in [2.24, 2.45) is 0 Å². The van der Waals surface area contributed by atoms with Gasteiger partial charge in [0.25, 0.3) is 5.91 Å². The topological polar surface area (TPSA) is 62.6 Å². The first-order valence-electron chi connectivity index (χ1n) is 7.35. The Hall–Kier alpha value is -1.78. The van der Waals surface area contributed by atoms with E-state index in [0.717, 1.165) is 32.1 Å². The van der Waals surface area contributed by atoms with Gasteiger partial charge < -0.3 is 14.6 Å². The minimum Gasteiger partial charge on any atom is -0.472 e. The van der Waals surface area contributed by atoms with Crippen LogP contribution in [0.1, 0.15) is 49.4 Å². The molecule has 2 rings (SSSR count). The second-order valence-corrected chi connectivity index (χ2v) is 5.17. The molecule has 1 aliphatic rings. The molecule has 2 heterocycles. The van der Waals surface area contributed by atoms with Crippen molar-refractivity contribution in [1.29, 1.82) is 0 Å². The molecule has 5 nitrogen and oxygen atoms in total. The van der Waals surface area contributed by atoms with Crippen molar-refractivity contribution >= 4 is 11.8 Å². The Kier molecular flexibility index (Phi) is 5.21. The van der Waals surface area contributed by atoms with Crippen LogP contribution in [0.2, 0.25) is 0 Å². The predicted octanol–water partition coefficient (Wildman–Crippen LogP) is 2.19. The van der Waals surface area contributed by atoms with Crippen LogP contribution in [0.3, 0.4) is 0 Å². The molecule has 1 saturated heterocycles. The van der Waals surface area contributed by atoms with Crippen molar-refractivity contribution in [2.45, 2.75) is 45.1 Å². The lowest BCUT2D eigenvalue weighted by Crippen LogP contribution is -2.52. The molecular formula is C15H22N2O3. The van der Waals surface area contributed by atoms with E-state index in [9.17, 15) is 9.59 Å². The maximum Gasteiger partial charge on any atom is 0.257 e. The van der Waals surface area contributed by atoms with E-state index in [1.807, 2.05) is 0 Å². The molecule has 1 aromatic heterocycles. The fraction of sp³-hybridized carbons (Fsp3) is 0.600. The van der Waals surface area contributed by atoms with Crippen molar-refractivity contribution in [2.75, 3.05) is 13.1 Å². The summed E-state index contributed by atoms with van der Waals surface area (Å²) in [6.45, 7) is 3.40. The Labute approximate surface area is 119 Å². The Bertz CT molecular complexity index is 442. The van der Waals surface area contributed by atoms with Crippen molar-refractivity contribution in [3.8, 4) is 0 Å². The average Bonchev–Trinajstić information content (AvgIpc) is 3.01. The number of carbonyl (C=O) groups excluding carboxylic acids is 2. The van der Waals surface area contributed by atoms with Gasteiger partial charge in [0.2, 0.25) is 5.91 Å². The number of hydrogen-bond acceptors (Lipinski definition) is 3. The molecule has 110 valence electrons. The van der Waals surface area contributed by atoms with Gasteiger partial charge in [0.1, 0.15) is 12.3 Å². The summed E-state index contributed by atoms with van der Waals surface area (Å²) in [4.78, 5) is 26.3. The highest BCUT2D eigenvalue weighted by molar-refractivity contribution is 5.97. The number of amides is 2. The molecule has 1 atom stereocenters. The molecule has 0 bridgehead atoms. The summed E-state index contributed by atoms with van der Waals surface area (Å²) < 4.78 is 4.95. The van der Waals surface area contributed by atoms with Gasteiger partial charge in [-0.3, -0.25) is 9.59 Å². The van der Waals surface area contributed by atoms with Crippen LogP contribution in [-0.2, 0) is 4.79 Å². The number of likely N-dealkylation sites (tertiary alicyclic amines) is 1. The van der Waals surface area contributed by atoms with Gasteiger partial charge in [-0.15, -0.1) is 0 Å². The largest absolute Gasteiger partial charge is 0.472 e. The second-order valence-electron chi connectivity index (χ2n) is 5.17. The molecule has 1 aromatic rings. The molecule has 1 fully saturated rings. The normalized spacial score (nSPS) is 18.9. The van der Waals surface area contributed by atoms with Gasteiger partial charge >= 0.3 is 0 Å². The van der Waals surface area contributed by atoms with Gasteiger partial charge in [-0.05, 0) is 31.7 Å². The molecule has 2 amide bonds. The first-order valence-corrected chi connectivity index (χ1v) is 7.35. The van der Waals surface area contributed by atoms with E-state index in [-0.39, 0.29) is 17.9 Å². The summed E-state index contributed by atoms with van der Waals surface area (Å²) in [6, 6.07) is 1.30. The lowest BCUT2D eigenvalue weighted by atomic mass is 10.0. The number of carbonyl (C=O) groups is 2. The Morgan fingerprint density at radius 3 is 3.00 bits per heavy atom. The highest BCUT2D eigenvalue weighted by Crippen LogP contribution is 2.20. The fourth-order valence-electron chi connectivity index (χ4n) is 2.51. The molecule has 0 aliphatic carbocycles. The SMILES string of the molecule is CCCCNC(=O)[C@H]1CCCCN1C(=O)c1ccoc1. The highest BCUT2D eigenvalue weighted by atomic mass is 16.3. The van der Waals surface area contributed by atoms with E-state index in [4.69, 9.17) is 4.42 Å². The Balaban J connectivity index is 2.01. The fourth-order valence-corrected chi connectivity index (χ4v) is 2.51. The lowest BCUT2D eigenvalue weighted by molar-refractivity contribution is -0.126. The van der Waals surface area contributed by atoms with E-state index in [2.05, 4.69) is 12.2 Å². The quantitative estimate of drug-likeness (QED) is 0.840. The monoisotopic (exact) mass is 278 g/mol. The van der Waals surface area contributed by atoms with E-state index in [0.29, 0.717) is 18.7 Å². The van der Waals surface area contributed by atoms with Gasteiger partial charge in [-0.2, -0.15) is 0 Å². The maximum atomic E-state index is 12.4. The van der Waals surface area contributed by atoms with Crippen LogP contribution >= 0.6 is 0 Å². The second kappa shape index (κ2) is 7.12. The molecule has 0 unspecified atom stereocenters. The first-order chi connectivity index (χ1) is 9.74. The molecule has 5 heteroatoms. The van der Waals surface area contributed by atoms with E-state index >= 15 is 0 Å². The zero-order valence-electron chi connectivity index (χ0n) is 11.9. The highest BCUT2D eigenvalue weighted by Gasteiger charge is 2.32. The van der Waals surface area contributed by atoms with Gasteiger partial charge in [0.15, 0.2) is 0 Å². The van der Waals surface area contributed by atoms with Crippen LogP contribution < -0.4 is 5.32 Å². The third kappa shape index (κ3) is 3.40. The van der Waals surface area contributed by atoms with E-state index < -0.39 is 0 Å². The third-order valence-corrected chi connectivity index (χ3v) is 3.66. The number of unbranched alkanes of at least 4 members (excludes halogenated alkanes) is 1. The van der Waals surface area contributed by atoms with Gasteiger partial charge in [0.05, 0.1) is 11.8 Å². The van der Waals surface area contributed by atoms with Gasteiger partial charge in [-0.1, -0.05) is 13.3 Å². The average molecular weight is 278 g/mol. The molecule has 0 spiro atoms. The van der Waals surface area contributed by atoms with Crippen LogP contribution in [0.25, 0.3) is 0 Å². The molecule has 1 aliphatic heterocycles. The summed E-state index contributed by atoms with van der Waals surface area (Å²) in [6.07, 6.45) is 7.60. The smallest absolute Gasteiger partial charge is 0.257 e. The molecular weight excluding hydrogens is 256 g/mol. The first kappa shape index (κ1) is 14.6. The zero-order chi connectivity index (χ0) is 14.4. The molecule has 0 saturated carbocycles. The predicted molar refractivity (Wildman–Crippen MR) is 75.3 cm³/mol. The van der Waals surface area contributed by atoms with Crippen LogP contribution in [0.4, 0.5) is 0 Å². The molecule has 0 radical (unpaired) electrons. The van der Waals surface area contributed by atoms with Crippen LogP contribution in [0.15, 0.2) is 23.0 Å². The van der Waals surface area contributed by atoms with Crippen LogP contribution in [0.5, 0.6) is 0 Å². The standard InChI is InChI=1S/C15H22N2O3/c1-2-3-8-16-14(18)13-6-4-5-9-17(13)15(19)12-7-10-20-11-12/h7,10-11,13H,2-6,8-9H2,1H3,(H,16,18)/t13-/m1/s1. The lowest BCUT2D eigenvalue weighted by Gasteiger charge is -2.34. The summed E-state index contributed by atoms with van der Waals surface area (Å²) in [5, 5.41) is 2.93. The van der Waals surface area contributed by atoms with E-state index in [1.165, 1.54) is 12.5 Å². The van der Waals surface area contributed by atoms with Crippen molar-refractivity contribution in [3.05, 3.63) is 24.2 Å². The molecule has 1 N–H and O–H groups in total. The van der Waals surface area contributed by atoms with Gasteiger partial charge in [-0.25, -0.2) is 0 Å². The minimum atomic E-state index is -0.344. The third-order valence-electron chi connectivity index (χ3n) is 3.66. The molecule has 20 heavy (non-hydrogen) atoms. The number of nitrogens with zero attached hydrogens (tertiary/aromatic N) is 1.